The average molecular weight is 301 g/mol. The predicted molar refractivity (Wildman–Crippen MR) is 85.0 cm³/mol. The monoisotopic (exact) mass is 301 g/mol. The second-order valence-corrected chi connectivity index (χ2v) is 5.94. The summed E-state index contributed by atoms with van der Waals surface area (Å²) in [6.07, 6.45) is -0.743. The van der Waals surface area contributed by atoms with Gasteiger partial charge in [0.25, 0.3) is 0 Å². The Labute approximate surface area is 126 Å². The van der Waals surface area contributed by atoms with Crippen molar-refractivity contribution in [2.75, 3.05) is 6.54 Å². The molecular weight excluding hydrogens is 285 g/mol. The highest BCUT2D eigenvalue weighted by molar-refractivity contribution is 7.17. The van der Waals surface area contributed by atoms with Gasteiger partial charge in [0, 0.05) is 17.2 Å². The summed E-state index contributed by atoms with van der Waals surface area (Å²) >= 11 is 1.59. The van der Waals surface area contributed by atoms with Crippen molar-refractivity contribution in [2.24, 2.45) is 5.73 Å². The van der Waals surface area contributed by atoms with E-state index in [0.29, 0.717) is 0 Å². The molecule has 3 rings (SSSR count). The topological polar surface area (TPSA) is 46.2 Å². The van der Waals surface area contributed by atoms with Crippen LogP contribution < -0.4 is 5.73 Å². The maximum atomic E-state index is 13.4. The van der Waals surface area contributed by atoms with E-state index in [1.807, 2.05) is 29.6 Å². The van der Waals surface area contributed by atoms with E-state index < -0.39 is 6.10 Å². The van der Waals surface area contributed by atoms with Gasteiger partial charge in [-0.3, -0.25) is 0 Å². The SMILES string of the molecule is NCC(c1cccc(F)c1)C(O)c1csc2ccccc12. The van der Waals surface area contributed by atoms with Crippen LogP contribution in [-0.4, -0.2) is 11.7 Å². The van der Waals surface area contributed by atoms with Crippen molar-refractivity contribution in [1.82, 2.24) is 0 Å². The summed E-state index contributed by atoms with van der Waals surface area (Å²) in [5.41, 5.74) is 7.41. The van der Waals surface area contributed by atoms with Crippen molar-refractivity contribution in [3.63, 3.8) is 0 Å². The fraction of sp³-hybridized carbons (Fsp3) is 0.176. The molecule has 2 nitrogen and oxygen atoms in total. The van der Waals surface area contributed by atoms with Crippen molar-refractivity contribution in [3.8, 4) is 0 Å². The third kappa shape index (κ3) is 2.70. The third-order valence-corrected chi connectivity index (χ3v) is 4.72. The van der Waals surface area contributed by atoms with Crippen molar-refractivity contribution in [1.29, 1.82) is 0 Å². The predicted octanol–water partition coefficient (Wildman–Crippen LogP) is 3.82. The van der Waals surface area contributed by atoms with E-state index in [1.165, 1.54) is 12.1 Å². The number of aliphatic hydroxyl groups excluding tert-OH is 1. The van der Waals surface area contributed by atoms with Crippen molar-refractivity contribution >= 4 is 21.4 Å². The van der Waals surface area contributed by atoms with Gasteiger partial charge in [-0.25, -0.2) is 4.39 Å². The molecule has 2 aromatic carbocycles. The molecule has 0 saturated heterocycles. The molecule has 0 amide bonds. The Morgan fingerprint density at radius 3 is 2.71 bits per heavy atom. The van der Waals surface area contributed by atoms with Crippen LogP contribution in [0.4, 0.5) is 4.39 Å². The molecule has 1 aromatic heterocycles. The molecule has 2 atom stereocenters. The molecule has 0 bridgehead atoms. The van der Waals surface area contributed by atoms with E-state index >= 15 is 0 Å². The Morgan fingerprint density at radius 2 is 1.95 bits per heavy atom. The molecule has 0 aliphatic rings. The Morgan fingerprint density at radius 1 is 1.14 bits per heavy atom. The minimum atomic E-state index is -0.743. The molecule has 0 aliphatic heterocycles. The zero-order chi connectivity index (χ0) is 14.8. The number of hydrogen-bond acceptors (Lipinski definition) is 3. The van der Waals surface area contributed by atoms with Gasteiger partial charge in [-0.2, -0.15) is 0 Å². The zero-order valence-electron chi connectivity index (χ0n) is 11.4. The van der Waals surface area contributed by atoms with E-state index in [-0.39, 0.29) is 18.3 Å². The molecule has 4 heteroatoms. The minimum Gasteiger partial charge on any atom is -0.388 e. The van der Waals surface area contributed by atoms with Crippen LogP contribution in [-0.2, 0) is 0 Å². The van der Waals surface area contributed by atoms with Gasteiger partial charge in [-0.1, -0.05) is 30.3 Å². The lowest BCUT2D eigenvalue weighted by atomic mass is 9.89. The fourth-order valence-corrected chi connectivity index (χ4v) is 3.62. The van der Waals surface area contributed by atoms with Gasteiger partial charge in [0.2, 0.25) is 0 Å². The van der Waals surface area contributed by atoms with Gasteiger partial charge < -0.3 is 10.8 Å². The first-order valence-corrected chi connectivity index (χ1v) is 7.68. The number of rotatable bonds is 4. The van der Waals surface area contributed by atoms with Gasteiger partial charge in [0.1, 0.15) is 5.82 Å². The minimum absolute atomic E-state index is 0.259. The van der Waals surface area contributed by atoms with Gasteiger partial charge in [0.15, 0.2) is 0 Å². The average Bonchev–Trinajstić information content (AvgIpc) is 2.92. The molecule has 3 N–H and O–H groups in total. The molecule has 0 aliphatic carbocycles. The van der Waals surface area contributed by atoms with Crippen LogP contribution in [0.2, 0.25) is 0 Å². The zero-order valence-corrected chi connectivity index (χ0v) is 12.2. The lowest BCUT2D eigenvalue weighted by Crippen LogP contribution is -2.20. The first-order valence-electron chi connectivity index (χ1n) is 6.80. The van der Waals surface area contributed by atoms with Crippen LogP contribution in [0.25, 0.3) is 10.1 Å². The summed E-state index contributed by atoms with van der Waals surface area (Å²) in [5, 5.41) is 13.7. The number of nitrogens with two attached hydrogens (primary N) is 1. The summed E-state index contributed by atoms with van der Waals surface area (Å²) in [6, 6.07) is 14.2. The molecule has 3 aromatic rings. The first kappa shape index (κ1) is 14.2. The van der Waals surface area contributed by atoms with Gasteiger partial charge in [-0.05, 0) is 40.1 Å². The maximum absolute atomic E-state index is 13.4. The second-order valence-electron chi connectivity index (χ2n) is 5.03. The van der Waals surface area contributed by atoms with E-state index in [2.05, 4.69) is 0 Å². The lowest BCUT2D eigenvalue weighted by molar-refractivity contribution is 0.149. The van der Waals surface area contributed by atoms with Crippen LogP contribution in [0.1, 0.15) is 23.1 Å². The Kier molecular flexibility index (Phi) is 4.01. The third-order valence-electron chi connectivity index (χ3n) is 3.74. The highest BCUT2D eigenvalue weighted by Gasteiger charge is 2.24. The molecule has 108 valence electrons. The van der Waals surface area contributed by atoms with Crippen molar-refractivity contribution < 1.29 is 9.50 Å². The number of thiophene rings is 1. The number of fused-ring (bicyclic) bond motifs is 1. The Bertz CT molecular complexity index is 755. The number of halogens is 1. The standard InChI is InChI=1S/C17H16FNOS/c18-12-5-3-4-11(8-12)14(9-19)17(20)15-10-21-16-7-2-1-6-13(15)16/h1-8,10,14,17,20H,9,19H2. The molecule has 0 radical (unpaired) electrons. The number of hydrogen-bond donors (Lipinski definition) is 2. The van der Waals surface area contributed by atoms with Crippen LogP contribution >= 0.6 is 11.3 Å². The van der Waals surface area contributed by atoms with Crippen LogP contribution in [0.5, 0.6) is 0 Å². The summed E-state index contributed by atoms with van der Waals surface area (Å²) < 4.78 is 14.5. The summed E-state index contributed by atoms with van der Waals surface area (Å²) in [5.74, 6) is -0.632. The Hall–Kier alpha value is -1.75. The molecular formula is C17H16FNOS. The van der Waals surface area contributed by atoms with Gasteiger partial charge >= 0.3 is 0 Å². The van der Waals surface area contributed by atoms with Gasteiger partial charge in [-0.15, -0.1) is 11.3 Å². The Balaban J connectivity index is 2.01. The first-order chi connectivity index (χ1) is 10.2. The number of benzene rings is 2. The number of aliphatic hydroxyl groups is 1. The normalized spacial score (nSPS) is 14.2. The molecule has 1 heterocycles. The largest absolute Gasteiger partial charge is 0.388 e. The lowest BCUT2D eigenvalue weighted by Gasteiger charge is -2.22. The molecule has 0 saturated carbocycles. The van der Waals surface area contributed by atoms with E-state index in [9.17, 15) is 9.50 Å². The van der Waals surface area contributed by atoms with E-state index in [0.717, 1.165) is 21.2 Å². The summed E-state index contributed by atoms with van der Waals surface area (Å²) in [6.45, 7) is 0.259. The van der Waals surface area contributed by atoms with Crippen molar-refractivity contribution in [3.05, 3.63) is 70.9 Å². The van der Waals surface area contributed by atoms with Gasteiger partial charge in [0.05, 0.1) is 6.10 Å². The van der Waals surface area contributed by atoms with Crippen LogP contribution in [0.3, 0.4) is 0 Å². The highest BCUT2D eigenvalue weighted by Crippen LogP contribution is 2.37. The van der Waals surface area contributed by atoms with E-state index in [4.69, 9.17) is 5.73 Å². The second kappa shape index (κ2) is 5.93. The van der Waals surface area contributed by atoms with Crippen LogP contribution in [0.15, 0.2) is 53.9 Å². The molecule has 0 fully saturated rings. The fourth-order valence-electron chi connectivity index (χ4n) is 2.63. The smallest absolute Gasteiger partial charge is 0.123 e. The van der Waals surface area contributed by atoms with E-state index in [1.54, 1.807) is 23.5 Å². The molecule has 2 unspecified atom stereocenters. The quantitative estimate of drug-likeness (QED) is 0.769. The molecule has 21 heavy (non-hydrogen) atoms. The summed E-state index contributed by atoms with van der Waals surface area (Å²) in [7, 11) is 0. The maximum Gasteiger partial charge on any atom is 0.123 e. The van der Waals surface area contributed by atoms with Crippen LogP contribution in [0, 0.1) is 5.82 Å². The summed E-state index contributed by atoms with van der Waals surface area (Å²) in [4.78, 5) is 0. The highest BCUT2D eigenvalue weighted by atomic mass is 32.1. The van der Waals surface area contributed by atoms with Crippen molar-refractivity contribution in [2.45, 2.75) is 12.0 Å². The molecule has 0 spiro atoms.